The van der Waals surface area contributed by atoms with Crippen molar-refractivity contribution in [1.29, 1.82) is 0 Å². The van der Waals surface area contributed by atoms with Gasteiger partial charge in [0.25, 0.3) is 0 Å². The zero-order chi connectivity index (χ0) is 9.90. The van der Waals surface area contributed by atoms with Crippen LogP contribution < -0.4 is 21.3 Å². The standard InChI is InChI=1S/C10H24N4.Cu/c1-3-11-7-9-13-5-2-6-14-10-8-12-4-1;/h11-14H,1-10H2;. The van der Waals surface area contributed by atoms with E-state index in [0.29, 0.717) is 0 Å². The van der Waals surface area contributed by atoms with Gasteiger partial charge in [0.05, 0.1) is 0 Å². The summed E-state index contributed by atoms with van der Waals surface area (Å²) < 4.78 is 0. The Kier molecular flexibility index (Phi) is 12.7. The number of nitrogens with one attached hydrogen (secondary N) is 4. The van der Waals surface area contributed by atoms with E-state index in [-0.39, 0.29) is 17.1 Å². The van der Waals surface area contributed by atoms with E-state index in [9.17, 15) is 0 Å². The Bertz CT molecular complexity index is 70.7. The van der Waals surface area contributed by atoms with Crippen LogP contribution in [0.3, 0.4) is 0 Å². The van der Waals surface area contributed by atoms with Gasteiger partial charge < -0.3 is 21.3 Å². The Balaban J connectivity index is 0.00000196. The summed E-state index contributed by atoms with van der Waals surface area (Å²) in [5.74, 6) is 0. The maximum atomic E-state index is 3.42. The van der Waals surface area contributed by atoms with Gasteiger partial charge in [-0.05, 0) is 39.0 Å². The van der Waals surface area contributed by atoms with Gasteiger partial charge in [-0.1, -0.05) is 0 Å². The van der Waals surface area contributed by atoms with Gasteiger partial charge in [0, 0.05) is 43.2 Å². The van der Waals surface area contributed by atoms with Crippen molar-refractivity contribution in [3.8, 4) is 0 Å². The van der Waals surface area contributed by atoms with Gasteiger partial charge in [-0.3, -0.25) is 0 Å². The molecule has 1 saturated heterocycles. The Morgan fingerprint density at radius 2 is 0.667 bits per heavy atom. The minimum atomic E-state index is 0. The molecule has 1 fully saturated rings. The fourth-order valence-electron chi connectivity index (χ4n) is 1.53. The SMILES string of the molecule is C1CNCCNCCCNCCNC1.[Cu]. The first-order valence-electron chi connectivity index (χ1n) is 5.83. The average Bonchev–Trinajstić information content (AvgIpc) is 2.22. The number of hydrogen-bond donors (Lipinski definition) is 4. The van der Waals surface area contributed by atoms with Crippen molar-refractivity contribution in [3.05, 3.63) is 0 Å². The summed E-state index contributed by atoms with van der Waals surface area (Å²) in [6.07, 6.45) is 2.44. The topological polar surface area (TPSA) is 48.1 Å². The van der Waals surface area contributed by atoms with E-state index in [4.69, 9.17) is 0 Å². The Morgan fingerprint density at radius 3 is 0.933 bits per heavy atom. The molecule has 95 valence electrons. The summed E-state index contributed by atoms with van der Waals surface area (Å²) in [5, 5.41) is 13.7. The maximum absolute atomic E-state index is 3.42. The van der Waals surface area contributed by atoms with Crippen LogP contribution in [0.2, 0.25) is 0 Å². The van der Waals surface area contributed by atoms with Crippen LogP contribution in [0.1, 0.15) is 12.8 Å². The van der Waals surface area contributed by atoms with Crippen LogP contribution in [0.15, 0.2) is 0 Å². The number of hydrogen-bond acceptors (Lipinski definition) is 4. The first kappa shape index (κ1) is 15.4. The Hall–Kier alpha value is 0.359. The van der Waals surface area contributed by atoms with Crippen LogP contribution in [0.5, 0.6) is 0 Å². The molecule has 5 heteroatoms. The van der Waals surface area contributed by atoms with Crippen molar-refractivity contribution in [1.82, 2.24) is 21.3 Å². The third-order valence-corrected chi connectivity index (χ3v) is 2.37. The summed E-state index contributed by atoms with van der Waals surface area (Å²) in [5.41, 5.74) is 0. The zero-order valence-electron chi connectivity index (χ0n) is 9.37. The first-order chi connectivity index (χ1) is 7.00. The molecule has 0 spiro atoms. The predicted octanol–water partition coefficient (Wildman–Crippen LogP) is -0.864. The molecular formula is C10H24CuN4. The van der Waals surface area contributed by atoms with Crippen molar-refractivity contribution in [2.75, 3.05) is 52.4 Å². The van der Waals surface area contributed by atoms with E-state index in [1.54, 1.807) is 0 Å². The minimum Gasteiger partial charge on any atom is -0.315 e. The zero-order valence-corrected chi connectivity index (χ0v) is 10.3. The minimum absolute atomic E-state index is 0. The van der Waals surface area contributed by atoms with Gasteiger partial charge in [-0.2, -0.15) is 0 Å². The third-order valence-electron chi connectivity index (χ3n) is 2.37. The fourth-order valence-corrected chi connectivity index (χ4v) is 1.53. The molecule has 0 amide bonds. The van der Waals surface area contributed by atoms with Crippen molar-refractivity contribution in [3.63, 3.8) is 0 Å². The molecular weight excluding hydrogens is 240 g/mol. The van der Waals surface area contributed by atoms with Crippen LogP contribution in [-0.4, -0.2) is 52.4 Å². The summed E-state index contributed by atoms with van der Waals surface area (Å²) in [4.78, 5) is 0. The molecule has 1 rings (SSSR count). The summed E-state index contributed by atoms with van der Waals surface area (Å²) in [6, 6.07) is 0. The summed E-state index contributed by atoms with van der Waals surface area (Å²) in [6.45, 7) is 8.87. The molecule has 1 radical (unpaired) electrons. The van der Waals surface area contributed by atoms with Crippen LogP contribution in [0, 0.1) is 0 Å². The average molecular weight is 264 g/mol. The van der Waals surface area contributed by atoms with Gasteiger partial charge in [-0.15, -0.1) is 0 Å². The van der Waals surface area contributed by atoms with Crippen LogP contribution in [0.25, 0.3) is 0 Å². The molecule has 4 N–H and O–H groups in total. The molecule has 0 aromatic carbocycles. The third kappa shape index (κ3) is 10.6. The molecule has 0 unspecified atom stereocenters. The van der Waals surface area contributed by atoms with E-state index >= 15 is 0 Å². The van der Waals surface area contributed by atoms with Gasteiger partial charge in [0.2, 0.25) is 0 Å². The molecule has 0 aliphatic carbocycles. The predicted molar refractivity (Wildman–Crippen MR) is 60.7 cm³/mol. The van der Waals surface area contributed by atoms with E-state index < -0.39 is 0 Å². The molecule has 1 aliphatic heterocycles. The first-order valence-corrected chi connectivity index (χ1v) is 5.83. The van der Waals surface area contributed by atoms with Crippen LogP contribution in [-0.2, 0) is 17.1 Å². The summed E-state index contributed by atoms with van der Waals surface area (Å²) in [7, 11) is 0. The monoisotopic (exact) mass is 263 g/mol. The molecule has 0 atom stereocenters. The van der Waals surface area contributed by atoms with Crippen molar-refractivity contribution >= 4 is 0 Å². The van der Waals surface area contributed by atoms with Crippen molar-refractivity contribution in [2.24, 2.45) is 0 Å². The summed E-state index contributed by atoms with van der Waals surface area (Å²) >= 11 is 0. The van der Waals surface area contributed by atoms with Crippen molar-refractivity contribution in [2.45, 2.75) is 12.8 Å². The normalized spacial score (nSPS) is 22.4. The van der Waals surface area contributed by atoms with E-state index in [1.165, 1.54) is 12.8 Å². The molecule has 15 heavy (non-hydrogen) atoms. The molecule has 0 saturated carbocycles. The number of rotatable bonds is 0. The Morgan fingerprint density at radius 1 is 0.400 bits per heavy atom. The van der Waals surface area contributed by atoms with E-state index in [1.807, 2.05) is 0 Å². The van der Waals surface area contributed by atoms with Gasteiger partial charge >= 0.3 is 0 Å². The van der Waals surface area contributed by atoms with E-state index in [0.717, 1.165) is 52.4 Å². The molecule has 0 aromatic rings. The second-order valence-electron chi connectivity index (χ2n) is 3.71. The smallest absolute Gasteiger partial charge is 0.00767 e. The largest absolute Gasteiger partial charge is 0.315 e. The van der Waals surface area contributed by atoms with Crippen LogP contribution >= 0.6 is 0 Å². The van der Waals surface area contributed by atoms with Gasteiger partial charge in [0.1, 0.15) is 0 Å². The van der Waals surface area contributed by atoms with Crippen molar-refractivity contribution < 1.29 is 17.1 Å². The Labute approximate surface area is 104 Å². The van der Waals surface area contributed by atoms with Gasteiger partial charge in [-0.25, -0.2) is 0 Å². The molecule has 0 aromatic heterocycles. The maximum Gasteiger partial charge on any atom is 0.00767 e. The van der Waals surface area contributed by atoms with E-state index in [2.05, 4.69) is 21.3 Å². The molecule has 4 nitrogen and oxygen atoms in total. The second kappa shape index (κ2) is 12.4. The van der Waals surface area contributed by atoms with Gasteiger partial charge in [0.15, 0.2) is 0 Å². The fraction of sp³-hybridized carbons (Fsp3) is 1.00. The quantitative estimate of drug-likeness (QED) is 0.430. The molecule has 1 heterocycles. The van der Waals surface area contributed by atoms with Crippen LogP contribution in [0.4, 0.5) is 0 Å². The molecule has 1 aliphatic rings. The second-order valence-corrected chi connectivity index (χ2v) is 3.71. The molecule has 0 bridgehead atoms.